The van der Waals surface area contributed by atoms with Gasteiger partial charge < -0.3 is 10.1 Å². The molecule has 0 saturated carbocycles. The van der Waals surface area contributed by atoms with Gasteiger partial charge >= 0.3 is 0 Å². The Kier molecular flexibility index (Phi) is 6.65. The van der Waals surface area contributed by atoms with E-state index in [0.29, 0.717) is 17.0 Å². The molecule has 0 bridgehead atoms. The summed E-state index contributed by atoms with van der Waals surface area (Å²) in [6, 6.07) is 11.2. The Bertz CT molecular complexity index is 1050. The number of methoxy groups -OCH3 is 1. The largest absolute Gasteiger partial charge is 0.496 e. The number of hydrogen-bond donors (Lipinski definition) is 1. The molecule has 0 radical (unpaired) electrons. The third-order valence-electron chi connectivity index (χ3n) is 4.34. The molecule has 0 aliphatic carbocycles. The number of para-hydroxylation sites is 1. The van der Waals surface area contributed by atoms with Gasteiger partial charge in [-0.05, 0) is 62.6 Å². The highest BCUT2D eigenvalue weighted by Crippen LogP contribution is 2.34. The van der Waals surface area contributed by atoms with Gasteiger partial charge in [-0.1, -0.05) is 22.7 Å². The average Bonchev–Trinajstić information content (AvgIpc) is 3.26. The van der Waals surface area contributed by atoms with Crippen molar-refractivity contribution < 1.29 is 18.7 Å². The van der Waals surface area contributed by atoms with Gasteiger partial charge in [-0.2, -0.15) is 0 Å². The number of carbonyl (C=O) groups is 2. The Hall–Kier alpha value is -3.33. The van der Waals surface area contributed by atoms with E-state index in [2.05, 4.69) is 14.9 Å². The quantitative estimate of drug-likeness (QED) is 0.624. The van der Waals surface area contributed by atoms with Gasteiger partial charge in [-0.15, -0.1) is 5.10 Å². The number of nitrogens with one attached hydrogen (secondary N) is 1. The molecule has 0 spiro atoms. The van der Waals surface area contributed by atoms with Crippen LogP contribution in [0.1, 0.15) is 42.9 Å². The van der Waals surface area contributed by atoms with E-state index in [4.69, 9.17) is 4.74 Å². The minimum Gasteiger partial charge on any atom is -0.496 e. The lowest BCUT2D eigenvalue weighted by Crippen LogP contribution is -2.49. The molecule has 1 heterocycles. The van der Waals surface area contributed by atoms with Crippen molar-refractivity contribution in [1.82, 2.24) is 14.9 Å². The lowest BCUT2D eigenvalue weighted by atomic mass is 9.99. The first-order valence-corrected chi connectivity index (χ1v) is 10.4. The molecule has 162 valence electrons. The van der Waals surface area contributed by atoms with Gasteiger partial charge in [0.25, 0.3) is 5.91 Å². The van der Waals surface area contributed by atoms with Crippen LogP contribution in [0.15, 0.2) is 53.9 Å². The van der Waals surface area contributed by atoms with Gasteiger partial charge in [-0.3, -0.25) is 14.5 Å². The zero-order valence-electron chi connectivity index (χ0n) is 17.6. The smallest absolute Gasteiger partial charge is 0.280 e. The number of ether oxygens (including phenoxy) is 1. The molecule has 0 aliphatic heterocycles. The van der Waals surface area contributed by atoms with Crippen LogP contribution in [0.5, 0.6) is 5.75 Å². The highest BCUT2D eigenvalue weighted by atomic mass is 32.1. The summed E-state index contributed by atoms with van der Waals surface area (Å²) in [5, 5.41) is 8.31. The van der Waals surface area contributed by atoms with E-state index in [1.165, 1.54) is 41.7 Å². The third-order valence-corrected chi connectivity index (χ3v) is 4.85. The van der Waals surface area contributed by atoms with Crippen molar-refractivity contribution in [2.75, 3.05) is 12.0 Å². The lowest BCUT2D eigenvalue weighted by Gasteiger charge is -2.34. The Balaban J connectivity index is 2.22. The first-order chi connectivity index (χ1) is 14.7. The van der Waals surface area contributed by atoms with Crippen molar-refractivity contribution in [1.29, 1.82) is 0 Å². The molecular formula is C22H23FN4O3S. The number of nitrogens with zero attached hydrogens (tertiary/aromatic N) is 3. The van der Waals surface area contributed by atoms with Crippen molar-refractivity contribution in [3.05, 3.63) is 71.0 Å². The van der Waals surface area contributed by atoms with E-state index in [-0.39, 0.29) is 5.69 Å². The fourth-order valence-corrected chi connectivity index (χ4v) is 3.52. The van der Waals surface area contributed by atoms with Crippen LogP contribution in [-0.2, 0) is 4.79 Å². The van der Waals surface area contributed by atoms with E-state index in [1.807, 2.05) is 20.8 Å². The standard InChI is InChI=1S/C22H23FN4O3S/c1-22(2,3)24-20(28)19(16-7-5-6-8-18(16)30-4)27(15-11-9-14(23)10-12-15)21(29)17-13-31-26-25-17/h5-13,19H,1-4H3,(H,24,28)/t19-/m1/s1. The molecule has 0 aliphatic rings. The number of anilines is 1. The Morgan fingerprint density at radius 1 is 1.13 bits per heavy atom. The SMILES string of the molecule is COc1ccccc1[C@H](C(=O)NC(C)(C)C)N(C(=O)c1csnn1)c1ccc(F)cc1. The van der Waals surface area contributed by atoms with Crippen molar-refractivity contribution in [3.63, 3.8) is 0 Å². The van der Waals surface area contributed by atoms with Gasteiger partial charge in [0.1, 0.15) is 17.6 Å². The lowest BCUT2D eigenvalue weighted by molar-refractivity contribution is -0.123. The fourth-order valence-electron chi connectivity index (χ4n) is 3.09. The first kappa shape index (κ1) is 22.4. The van der Waals surface area contributed by atoms with Crippen molar-refractivity contribution in [3.8, 4) is 5.75 Å². The van der Waals surface area contributed by atoms with Crippen molar-refractivity contribution in [2.45, 2.75) is 32.4 Å². The molecule has 0 fully saturated rings. The maximum Gasteiger partial charge on any atom is 0.280 e. The zero-order chi connectivity index (χ0) is 22.6. The van der Waals surface area contributed by atoms with Gasteiger partial charge in [0.2, 0.25) is 5.91 Å². The van der Waals surface area contributed by atoms with E-state index < -0.39 is 29.2 Å². The van der Waals surface area contributed by atoms with Gasteiger partial charge in [0.05, 0.1) is 7.11 Å². The van der Waals surface area contributed by atoms with E-state index in [0.717, 1.165) is 11.5 Å². The third kappa shape index (κ3) is 5.24. The molecule has 7 nitrogen and oxygen atoms in total. The molecule has 1 aromatic heterocycles. The maximum absolute atomic E-state index is 13.6. The summed E-state index contributed by atoms with van der Waals surface area (Å²) in [6.07, 6.45) is 0. The summed E-state index contributed by atoms with van der Waals surface area (Å²) in [4.78, 5) is 28.3. The van der Waals surface area contributed by atoms with Gasteiger partial charge in [0.15, 0.2) is 5.69 Å². The predicted octanol–water partition coefficient (Wildman–Crippen LogP) is 3.99. The number of hydrogen-bond acceptors (Lipinski definition) is 6. The number of amides is 2. The fraction of sp³-hybridized carbons (Fsp3) is 0.273. The van der Waals surface area contributed by atoms with E-state index >= 15 is 0 Å². The molecule has 0 saturated heterocycles. The van der Waals surface area contributed by atoms with Crippen molar-refractivity contribution >= 4 is 29.0 Å². The number of benzene rings is 2. The predicted molar refractivity (Wildman–Crippen MR) is 117 cm³/mol. The Morgan fingerprint density at radius 3 is 2.39 bits per heavy atom. The molecule has 0 unspecified atom stereocenters. The molecular weight excluding hydrogens is 419 g/mol. The second kappa shape index (κ2) is 9.22. The monoisotopic (exact) mass is 442 g/mol. The summed E-state index contributed by atoms with van der Waals surface area (Å²) in [6.45, 7) is 5.54. The van der Waals surface area contributed by atoms with Crippen LogP contribution in [0, 0.1) is 5.82 Å². The molecule has 3 aromatic rings. The molecule has 9 heteroatoms. The highest BCUT2D eigenvalue weighted by molar-refractivity contribution is 7.03. The number of aromatic nitrogens is 2. The van der Waals surface area contributed by atoms with Crippen LogP contribution in [0.25, 0.3) is 0 Å². The maximum atomic E-state index is 13.6. The Labute approximate surface area is 184 Å². The zero-order valence-corrected chi connectivity index (χ0v) is 18.4. The normalized spacial score (nSPS) is 12.2. The summed E-state index contributed by atoms with van der Waals surface area (Å²) in [5.74, 6) is -0.981. The van der Waals surface area contributed by atoms with E-state index in [1.54, 1.807) is 24.3 Å². The van der Waals surface area contributed by atoms with E-state index in [9.17, 15) is 14.0 Å². The topological polar surface area (TPSA) is 84.4 Å². The summed E-state index contributed by atoms with van der Waals surface area (Å²) in [7, 11) is 1.49. The van der Waals surface area contributed by atoms with Gasteiger partial charge in [0, 0.05) is 22.2 Å². The molecule has 3 rings (SSSR count). The van der Waals surface area contributed by atoms with Crippen molar-refractivity contribution in [2.24, 2.45) is 0 Å². The van der Waals surface area contributed by atoms with Crippen LogP contribution in [0.2, 0.25) is 0 Å². The highest BCUT2D eigenvalue weighted by Gasteiger charge is 2.37. The van der Waals surface area contributed by atoms with Gasteiger partial charge in [-0.25, -0.2) is 4.39 Å². The summed E-state index contributed by atoms with van der Waals surface area (Å²) < 4.78 is 22.9. The molecule has 2 aromatic carbocycles. The van der Waals surface area contributed by atoms with Crippen LogP contribution >= 0.6 is 11.5 Å². The Morgan fingerprint density at radius 2 is 1.81 bits per heavy atom. The molecule has 1 N–H and O–H groups in total. The summed E-state index contributed by atoms with van der Waals surface area (Å²) in [5.41, 5.74) is 0.335. The average molecular weight is 443 g/mol. The van der Waals surface area contributed by atoms with Crippen LogP contribution < -0.4 is 15.0 Å². The molecule has 2 amide bonds. The second-order valence-electron chi connectivity index (χ2n) is 7.83. The molecule has 1 atom stereocenters. The minimum absolute atomic E-state index is 0.0813. The summed E-state index contributed by atoms with van der Waals surface area (Å²) >= 11 is 1.02. The minimum atomic E-state index is -1.10. The number of rotatable bonds is 6. The number of carbonyl (C=O) groups excluding carboxylic acids is 2. The second-order valence-corrected chi connectivity index (χ2v) is 8.44. The first-order valence-electron chi connectivity index (χ1n) is 9.52. The molecule has 31 heavy (non-hydrogen) atoms. The number of halogens is 1. The van der Waals surface area contributed by atoms with Crippen LogP contribution in [-0.4, -0.2) is 34.1 Å². The van der Waals surface area contributed by atoms with Crippen LogP contribution in [0.3, 0.4) is 0 Å². The van der Waals surface area contributed by atoms with Crippen LogP contribution in [0.4, 0.5) is 10.1 Å².